The standard InChI is InChI=1S/C11H19ClN4OS/c1-4-5-13-11-14-6-9(12)10(16-11)15-8(2)7-18(3)17/h6,8H,4-5,7H2,1-3H3,(H2,13,14,15,16). The van der Waals surface area contributed by atoms with Crippen LogP contribution in [0, 0.1) is 0 Å². The van der Waals surface area contributed by atoms with Gasteiger partial charge in [-0.15, -0.1) is 0 Å². The number of halogens is 1. The van der Waals surface area contributed by atoms with E-state index in [1.165, 1.54) is 0 Å². The van der Waals surface area contributed by atoms with Crippen LogP contribution in [0.15, 0.2) is 6.20 Å². The number of hydrogen-bond donors (Lipinski definition) is 2. The molecule has 0 saturated heterocycles. The van der Waals surface area contributed by atoms with Crippen molar-refractivity contribution in [2.45, 2.75) is 26.3 Å². The van der Waals surface area contributed by atoms with Crippen LogP contribution in [-0.2, 0) is 10.8 Å². The van der Waals surface area contributed by atoms with Gasteiger partial charge >= 0.3 is 0 Å². The summed E-state index contributed by atoms with van der Waals surface area (Å²) >= 11 is 6.02. The Balaban J connectivity index is 2.71. The first-order chi connectivity index (χ1) is 8.52. The molecule has 5 nitrogen and oxygen atoms in total. The van der Waals surface area contributed by atoms with Gasteiger partial charge in [0.25, 0.3) is 0 Å². The molecule has 0 aliphatic rings. The number of nitrogens with zero attached hydrogens (tertiary/aromatic N) is 2. The molecule has 1 rings (SSSR count). The van der Waals surface area contributed by atoms with Gasteiger partial charge in [-0.25, -0.2) is 4.98 Å². The maximum absolute atomic E-state index is 11.1. The summed E-state index contributed by atoms with van der Waals surface area (Å²) in [6.07, 6.45) is 4.23. The van der Waals surface area contributed by atoms with Crippen molar-refractivity contribution in [2.24, 2.45) is 0 Å². The molecule has 0 spiro atoms. The first-order valence-corrected chi connectivity index (χ1v) is 7.96. The van der Waals surface area contributed by atoms with E-state index in [2.05, 4.69) is 27.5 Å². The molecule has 2 atom stereocenters. The van der Waals surface area contributed by atoms with Gasteiger partial charge in [0, 0.05) is 35.4 Å². The second-order valence-electron chi connectivity index (χ2n) is 4.10. The molecular weight excluding hydrogens is 272 g/mol. The molecule has 0 saturated carbocycles. The Morgan fingerprint density at radius 2 is 2.28 bits per heavy atom. The summed E-state index contributed by atoms with van der Waals surface area (Å²) in [6.45, 7) is 4.83. The molecule has 1 heterocycles. The highest BCUT2D eigenvalue weighted by atomic mass is 35.5. The molecule has 18 heavy (non-hydrogen) atoms. The molecule has 0 bridgehead atoms. The molecule has 2 N–H and O–H groups in total. The van der Waals surface area contributed by atoms with Gasteiger partial charge in [-0.1, -0.05) is 18.5 Å². The Bertz CT molecular complexity index is 416. The first-order valence-electron chi connectivity index (χ1n) is 5.86. The van der Waals surface area contributed by atoms with Crippen molar-refractivity contribution in [3.05, 3.63) is 11.2 Å². The summed E-state index contributed by atoms with van der Waals surface area (Å²) in [4.78, 5) is 8.38. The van der Waals surface area contributed by atoms with Crippen LogP contribution >= 0.6 is 11.6 Å². The van der Waals surface area contributed by atoms with Crippen LogP contribution in [0.2, 0.25) is 5.02 Å². The van der Waals surface area contributed by atoms with Gasteiger partial charge < -0.3 is 10.6 Å². The molecule has 2 unspecified atom stereocenters. The third-order valence-electron chi connectivity index (χ3n) is 2.15. The summed E-state index contributed by atoms with van der Waals surface area (Å²) in [5.41, 5.74) is 0. The average Bonchev–Trinajstić information content (AvgIpc) is 2.29. The van der Waals surface area contributed by atoms with Crippen LogP contribution in [-0.4, -0.2) is 38.8 Å². The maximum atomic E-state index is 11.1. The minimum absolute atomic E-state index is 0.0438. The highest BCUT2D eigenvalue weighted by molar-refractivity contribution is 7.84. The molecule has 102 valence electrons. The van der Waals surface area contributed by atoms with Gasteiger partial charge in [-0.2, -0.15) is 4.98 Å². The molecule has 0 aromatic carbocycles. The lowest BCUT2D eigenvalue weighted by atomic mass is 10.4. The summed E-state index contributed by atoms with van der Waals surface area (Å²) in [7, 11) is -0.851. The molecule has 0 aliphatic heterocycles. The molecule has 0 aliphatic carbocycles. The third-order valence-corrected chi connectivity index (χ3v) is 3.39. The first kappa shape index (κ1) is 15.2. The topological polar surface area (TPSA) is 66.9 Å². The molecule has 7 heteroatoms. The zero-order valence-corrected chi connectivity index (χ0v) is 12.4. The highest BCUT2D eigenvalue weighted by Gasteiger charge is 2.09. The average molecular weight is 291 g/mol. The van der Waals surface area contributed by atoms with Crippen molar-refractivity contribution in [3.8, 4) is 0 Å². The monoisotopic (exact) mass is 290 g/mol. The van der Waals surface area contributed by atoms with Crippen molar-refractivity contribution in [1.82, 2.24) is 9.97 Å². The fraction of sp³-hybridized carbons (Fsp3) is 0.636. The van der Waals surface area contributed by atoms with Crippen LogP contribution in [0.4, 0.5) is 11.8 Å². The molecular formula is C11H19ClN4OS. The normalized spacial score (nSPS) is 14.0. The number of hydrogen-bond acceptors (Lipinski definition) is 5. The van der Waals surface area contributed by atoms with E-state index in [1.54, 1.807) is 12.5 Å². The van der Waals surface area contributed by atoms with Gasteiger partial charge in [0.1, 0.15) is 5.02 Å². The zero-order chi connectivity index (χ0) is 13.5. The van der Waals surface area contributed by atoms with Crippen LogP contribution in [0.25, 0.3) is 0 Å². The fourth-order valence-electron chi connectivity index (χ4n) is 1.42. The van der Waals surface area contributed by atoms with E-state index in [-0.39, 0.29) is 6.04 Å². The highest BCUT2D eigenvalue weighted by Crippen LogP contribution is 2.20. The van der Waals surface area contributed by atoms with Crippen molar-refractivity contribution >= 4 is 34.2 Å². The summed E-state index contributed by atoms with van der Waals surface area (Å²) in [5.74, 6) is 1.68. The SMILES string of the molecule is CCCNc1ncc(Cl)c(NC(C)CS(C)=O)n1. The van der Waals surface area contributed by atoms with Crippen LogP contribution in [0.3, 0.4) is 0 Å². The van der Waals surface area contributed by atoms with Crippen molar-refractivity contribution in [3.63, 3.8) is 0 Å². The van der Waals surface area contributed by atoms with Crippen LogP contribution < -0.4 is 10.6 Å². The predicted octanol–water partition coefficient (Wildman–Crippen LogP) is 2.13. The predicted molar refractivity (Wildman–Crippen MR) is 77.8 cm³/mol. The zero-order valence-electron chi connectivity index (χ0n) is 10.9. The van der Waals surface area contributed by atoms with Gasteiger partial charge in [0.05, 0.1) is 6.20 Å². The summed E-state index contributed by atoms with van der Waals surface area (Å²) < 4.78 is 11.1. The molecule has 1 aromatic rings. The van der Waals surface area contributed by atoms with E-state index < -0.39 is 10.8 Å². The maximum Gasteiger partial charge on any atom is 0.224 e. The minimum atomic E-state index is -0.851. The van der Waals surface area contributed by atoms with Crippen molar-refractivity contribution < 1.29 is 4.21 Å². The van der Waals surface area contributed by atoms with E-state index >= 15 is 0 Å². The van der Waals surface area contributed by atoms with E-state index in [9.17, 15) is 4.21 Å². The largest absolute Gasteiger partial charge is 0.365 e. The van der Waals surface area contributed by atoms with E-state index in [4.69, 9.17) is 11.6 Å². The minimum Gasteiger partial charge on any atom is -0.365 e. The molecule has 1 aromatic heterocycles. The summed E-state index contributed by atoms with van der Waals surface area (Å²) in [5, 5.41) is 6.70. The Hall–Kier alpha value is -0.880. The van der Waals surface area contributed by atoms with Gasteiger partial charge in [-0.3, -0.25) is 4.21 Å². The van der Waals surface area contributed by atoms with Crippen LogP contribution in [0.1, 0.15) is 20.3 Å². The lowest BCUT2D eigenvalue weighted by Gasteiger charge is -2.14. The lowest BCUT2D eigenvalue weighted by molar-refractivity contribution is 0.683. The molecule has 0 amide bonds. The van der Waals surface area contributed by atoms with Crippen molar-refractivity contribution in [2.75, 3.05) is 29.2 Å². The number of aromatic nitrogens is 2. The Labute approximate surface area is 115 Å². The van der Waals surface area contributed by atoms with E-state index in [0.717, 1.165) is 13.0 Å². The number of nitrogens with one attached hydrogen (secondary N) is 2. The van der Waals surface area contributed by atoms with E-state index in [1.807, 2.05) is 6.92 Å². The fourth-order valence-corrected chi connectivity index (χ4v) is 2.35. The molecule has 0 fully saturated rings. The number of anilines is 2. The Kier molecular flexibility index (Phi) is 6.35. The van der Waals surface area contributed by atoms with E-state index in [0.29, 0.717) is 22.5 Å². The smallest absolute Gasteiger partial charge is 0.224 e. The Morgan fingerprint density at radius 1 is 1.56 bits per heavy atom. The van der Waals surface area contributed by atoms with Gasteiger partial charge in [0.2, 0.25) is 5.95 Å². The lowest BCUT2D eigenvalue weighted by Crippen LogP contribution is -2.23. The second-order valence-corrected chi connectivity index (χ2v) is 5.99. The quantitative estimate of drug-likeness (QED) is 0.805. The van der Waals surface area contributed by atoms with Gasteiger partial charge in [0.15, 0.2) is 5.82 Å². The Morgan fingerprint density at radius 3 is 2.89 bits per heavy atom. The third kappa shape index (κ3) is 5.18. The van der Waals surface area contributed by atoms with Crippen molar-refractivity contribution in [1.29, 1.82) is 0 Å². The van der Waals surface area contributed by atoms with Crippen LogP contribution in [0.5, 0.6) is 0 Å². The summed E-state index contributed by atoms with van der Waals surface area (Å²) in [6, 6.07) is 0.0438. The molecule has 0 radical (unpaired) electrons. The van der Waals surface area contributed by atoms with Gasteiger partial charge in [-0.05, 0) is 13.3 Å². The second kappa shape index (κ2) is 7.53. The number of rotatable bonds is 7.